The SMILES string of the molecule is CCCCCCCn1c(=O)c(C(=O)Nc2cccc(F)c2)c(O)c2ccccc21. The van der Waals surface area contributed by atoms with Gasteiger partial charge in [0.25, 0.3) is 11.5 Å². The van der Waals surface area contributed by atoms with E-state index in [2.05, 4.69) is 12.2 Å². The zero-order chi connectivity index (χ0) is 20.8. The second-order valence-corrected chi connectivity index (χ2v) is 7.08. The molecule has 0 aliphatic heterocycles. The molecule has 0 bridgehead atoms. The molecule has 1 heterocycles. The van der Waals surface area contributed by atoms with Crippen LogP contribution >= 0.6 is 0 Å². The Bertz CT molecular complexity index is 1080. The van der Waals surface area contributed by atoms with Crippen LogP contribution in [0.25, 0.3) is 10.9 Å². The number of hydrogen-bond donors (Lipinski definition) is 2. The van der Waals surface area contributed by atoms with Gasteiger partial charge in [0.05, 0.1) is 5.52 Å². The van der Waals surface area contributed by atoms with Crippen molar-refractivity contribution in [3.8, 4) is 5.75 Å². The number of carbonyl (C=O) groups is 1. The summed E-state index contributed by atoms with van der Waals surface area (Å²) in [6, 6.07) is 12.4. The average Bonchev–Trinajstić information content (AvgIpc) is 2.70. The molecule has 0 aliphatic rings. The van der Waals surface area contributed by atoms with Gasteiger partial charge >= 0.3 is 0 Å². The molecule has 0 fully saturated rings. The number of fused-ring (bicyclic) bond motifs is 1. The Morgan fingerprint density at radius 2 is 1.83 bits per heavy atom. The fraction of sp³-hybridized carbons (Fsp3) is 0.304. The first-order chi connectivity index (χ1) is 14.0. The van der Waals surface area contributed by atoms with E-state index in [9.17, 15) is 19.1 Å². The van der Waals surface area contributed by atoms with E-state index in [1.165, 1.54) is 18.2 Å². The smallest absolute Gasteiger partial charge is 0.267 e. The number of unbranched alkanes of at least 4 members (excludes halogenated alkanes) is 4. The first-order valence-corrected chi connectivity index (χ1v) is 9.94. The first kappa shape index (κ1) is 20.6. The molecule has 0 spiro atoms. The number of anilines is 1. The minimum Gasteiger partial charge on any atom is -0.506 e. The number of carbonyl (C=O) groups excluding carboxylic acids is 1. The first-order valence-electron chi connectivity index (χ1n) is 9.94. The number of pyridine rings is 1. The second kappa shape index (κ2) is 9.37. The van der Waals surface area contributed by atoms with E-state index in [1.54, 1.807) is 28.8 Å². The van der Waals surface area contributed by atoms with Crippen LogP contribution in [0.3, 0.4) is 0 Å². The van der Waals surface area contributed by atoms with Gasteiger partial charge in [-0.2, -0.15) is 0 Å². The summed E-state index contributed by atoms with van der Waals surface area (Å²) in [5, 5.41) is 13.6. The van der Waals surface area contributed by atoms with Crippen LogP contribution in [0.2, 0.25) is 0 Å². The third-order valence-electron chi connectivity index (χ3n) is 4.94. The maximum atomic E-state index is 13.4. The number of nitrogens with one attached hydrogen (secondary N) is 1. The highest BCUT2D eigenvalue weighted by atomic mass is 19.1. The molecule has 0 saturated heterocycles. The summed E-state index contributed by atoms with van der Waals surface area (Å²) >= 11 is 0. The minimum atomic E-state index is -0.761. The van der Waals surface area contributed by atoms with Gasteiger partial charge in [-0.3, -0.25) is 9.59 Å². The van der Waals surface area contributed by atoms with Gasteiger partial charge in [0.1, 0.15) is 17.1 Å². The van der Waals surface area contributed by atoms with Crippen molar-refractivity contribution >= 4 is 22.5 Å². The highest BCUT2D eigenvalue weighted by molar-refractivity contribution is 6.09. The normalized spacial score (nSPS) is 11.0. The van der Waals surface area contributed by atoms with Crippen LogP contribution in [0.5, 0.6) is 5.75 Å². The molecule has 0 atom stereocenters. The molecule has 0 unspecified atom stereocenters. The van der Waals surface area contributed by atoms with Crippen LogP contribution in [0.4, 0.5) is 10.1 Å². The predicted octanol–water partition coefficient (Wildman–Crippen LogP) is 5.07. The van der Waals surface area contributed by atoms with Crippen molar-refractivity contribution in [2.75, 3.05) is 5.32 Å². The van der Waals surface area contributed by atoms with Gasteiger partial charge in [-0.05, 0) is 36.8 Å². The summed E-state index contributed by atoms with van der Waals surface area (Å²) in [6.07, 6.45) is 5.16. The molecular formula is C23H25FN2O3. The van der Waals surface area contributed by atoms with E-state index in [1.807, 2.05) is 0 Å². The third kappa shape index (κ3) is 4.65. The van der Waals surface area contributed by atoms with Gasteiger partial charge in [0.15, 0.2) is 0 Å². The number of rotatable bonds is 8. The van der Waals surface area contributed by atoms with E-state index in [4.69, 9.17) is 0 Å². The Morgan fingerprint density at radius 3 is 2.59 bits per heavy atom. The molecule has 152 valence electrons. The number of aromatic nitrogens is 1. The fourth-order valence-corrected chi connectivity index (χ4v) is 3.45. The lowest BCUT2D eigenvalue weighted by atomic mass is 10.1. The summed E-state index contributed by atoms with van der Waals surface area (Å²) in [5.41, 5.74) is -0.0759. The average molecular weight is 396 g/mol. The van der Waals surface area contributed by atoms with Gasteiger partial charge in [-0.25, -0.2) is 4.39 Å². The number of benzene rings is 2. The Morgan fingerprint density at radius 1 is 1.07 bits per heavy atom. The van der Waals surface area contributed by atoms with Crippen molar-refractivity contribution in [3.05, 3.63) is 70.3 Å². The van der Waals surface area contributed by atoms with Crippen molar-refractivity contribution in [1.82, 2.24) is 4.57 Å². The van der Waals surface area contributed by atoms with Crippen LogP contribution < -0.4 is 10.9 Å². The Hall–Kier alpha value is -3.15. The summed E-state index contributed by atoms with van der Waals surface area (Å²) in [5.74, 6) is -1.62. The van der Waals surface area contributed by atoms with Crippen molar-refractivity contribution in [1.29, 1.82) is 0 Å². The van der Waals surface area contributed by atoms with Gasteiger partial charge in [-0.1, -0.05) is 50.8 Å². The number of halogens is 1. The molecule has 0 radical (unpaired) electrons. The van der Waals surface area contributed by atoms with Crippen molar-refractivity contribution < 1.29 is 14.3 Å². The van der Waals surface area contributed by atoms with Gasteiger partial charge in [0.2, 0.25) is 0 Å². The van der Waals surface area contributed by atoms with Crippen molar-refractivity contribution in [3.63, 3.8) is 0 Å². The number of amides is 1. The third-order valence-corrected chi connectivity index (χ3v) is 4.94. The van der Waals surface area contributed by atoms with Gasteiger partial charge in [0, 0.05) is 17.6 Å². The predicted molar refractivity (Wildman–Crippen MR) is 113 cm³/mol. The van der Waals surface area contributed by atoms with E-state index in [-0.39, 0.29) is 17.0 Å². The highest BCUT2D eigenvalue weighted by Gasteiger charge is 2.22. The Labute approximate surface area is 168 Å². The molecule has 0 saturated carbocycles. The maximum Gasteiger partial charge on any atom is 0.267 e. The van der Waals surface area contributed by atoms with E-state index < -0.39 is 17.3 Å². The van der Waals surface area contributed by atoms with Crippen molar-refractivity contribution in [2.45, 2.75) is 45.6 Å². The number of hydrogen-bond acceptors (Lipinski definition) is 3. The molecule has 2 N–H and O–H groups in total. The number of nitrogens with zero attached hydrogens (tertiary/aromatic N) is 1. The molecule has 5 nitrogen and oxygen atoms in total. The van der Waals surface area contributed by atoms with E-state index in [0.717, 1.165) is 38.2 Å². The molecule has 1 amide bonds. The number of aryl methyl sites for hydroxylation is 1. The number of aromatic hydroxyl groups is 1. The van der Waals surface area contributed by atoms with Gasteiger partial charge in [-0.15, -0.1) is 0 Å². The Balaban J connectivity index is 1.98. The van der Waals surface area contributed by atoms with Crippen LogP contribution in [0.15, 0.2) is 53.3 Å². The lowest BCUT2D eigenvalue weighted by Crippen LogP contribution is -2.30. The van der Waals surface area contributed by atoms with E-state index >= 15 is 0 Å². The van der Waals surface area contributed by atoms with Crippen molar-refractivity contribution in [2.24, 2.45) is 0 Å². The molecule has 3 aromatic rings. The molecular weight excluding hydrogens is 371 g/mol. The van der Waals surface area contributed by atoms with Crippen LogP contribution in [-0.4, -0.2) is 15.6 Å². The topological polar surface area (TPSA) is 71.3 Å². The molecule has 29 heavy (non-hydrogen) atoms. The second-order valence-electron chi connectivity index (χ2n) is 7.08. The molecule has 0 aliphatic carbocycles. The lowest BCUT2D eigenvalue weighted by molar-refractivity contribution is 0.102. The Kier molecular flexibility index (Phi) is 6.65. The summed E-state index contributed by atoms with van der Waals surface area (Å²) < 4.78 is 15.0. The number of para-hydroxylation sites is 1. The highest BCUT2D eigenvalue weighted by Crippen LogP contribution is 2.27. The largest absolute Gasteiger partial charge is 0.506 e. The zero-order valence-electron chi connectivity index (χ0n) is 16.5. The van der Waals surface area contributed by atoms with Gasteiger partial charge < -0.3 is 15.0 Å². The quantitative estimate of drug-likeness (QED) is 0.522. The lowest BCUT2D eigenvalue weighted by Gasteiger charge is -2.15. The molecule has 6 heteroatoms. The van der Waals surface area contributed by atoms with Crippen LogP contribution in [0, 0.1) is 5.82 Å². The van der Waals surface area contributed by atoms with Crippen LogP contribution in [-0.2, 0) is 6.54 Å². The van der Waals surface area contributed by atoms with Crippen LogP contribution in [0.1, 0.15) is 49.4 Å². The summed E-state index contributed by atoms with van der Waals surface area (Å²) in [6.45, 7) is 2.60. The molecule has 1 aromatic heterocycles. The monoisotopic (exact) mass is 396 g/mol. The fourth-order valence-electron chi connectivity index (χ4n) is 3.45. The zero-order valence-corrected chi connectivity index (χ0v) is 16.5. The molecule has 3 rings (SSSR count). The molecule has 2 aromatic carbocycles. The maximum absolute atomic E-state index is 13.4. The summed E-state index contributed by atoms with van der Waals surface area (Å²) in [7, 11) is 0. The minimum absolute atomic E-state index is 0.216. The van der Waals surface area contributed by atoms with E-state index in [0.29, 0.717) is 17.4 Å². The summed E-state index contributed by atoms with van der Waals surface area (Å²) in [4.78, 5) is 25.9. The standard InChI is InChI=1S/C23H25FN2O3/c1-2-3-4-5-8-14-26-19-13-7-6-12-18(19)21(27)20(23(26)29)22(28)25-17-11-9-10-16(24)15-17/h6-7,9-13,15,27H,2-5,8,14H2,1H3,(H,25,28).